The van der Waals surface area contributed by atoms with Gasteiger partial charge in [-0.15, -0.1) is 0 Å². The summed E-state index contributed by atoms with van der Waals surface area (Å²) in [4.78, 5) is 26.1. The van der Waals surface area contributed by atoms with E-state index in [0.717, 1.165) is 19.4 Å². The van der Waals surface area contributed by atoms with E-state index in [4.69, 9.17) is 0 Å². The normalized spacial score (nSPS) is 20.9. The van der Waals surface area contributed by atoms with Crippen molar-refractivity contribution in [3.8, 4) is 0 Å². The van der Waals surface area contributed by atoms with Crippen molar-refractivity contribution in [1.29, 1.82) is 0 Å². The first-order valence-corrected chi connectivity index (χ1v) is 8.25. The van der Waals surface area contributed by atoms with Crippen LogP contribution in [0.1, 0.15) is 30.9 Å². The molecule has 1 aromatic rings. The van der Waals surface area contributed by atoms with Crippen molar-refractivity contribution in [1.82, 2.24) is 15.5 Å². The molecule has 0 aromatic heterocycles. The molecule has 23 heavy (non-hydrogen) atoms. The highest BCUT2D eigenvalue weighted by atomic mass is 16.2. The Balaban J connectivity index is 1.54. The summed E-state index contributed by atoms with van der Waals surface area (Å²) in [5, 5.41) is 6.06. The third-order valence-corrected chi connectivity index (χ3v) is 4.53. The fourth-order valence-corrected chi connectivity index (χ4v) is 2.87. The molecule has 3 rings (SSSR count). The lowest BCUT2D eigenvalue weighted by molar-refractivity contribution is -0.127. The van der Waals surface area contributed by atoms with Gasteiger partial charge in [0.1, 0.15) is 0 Å². The zero-order chi connectivity index (χ0) is 16.2. The zero-order valence-electron chi connectivity index (χ0n) is 13.4. The molecular weight excluding hydrogens is 290 g/mol. The lowest BCUT2D eigenvalue weighted by atomic mass is 10.1. The maximum Gasteiger partial charge on any atom is 0.246 e. The van der Waals surface area contributed by atoms with Gasteiger partial charge in [0.2, 0.25) is 11.8 Å². The number of benzene rings is 1. The summed E-state index contributed by atoms with van der Waals surface area (Å²) < 4.78 is 0. The fourth-order valence-electron chi connectivity index (χ4n) is 2.87. The molecule has 1 unspecified atom stereocenters. The molecule has 2 atom stereocenters. The Morgan fingerprint density at radius 1 is 1.35 bits per heavy atom. The van der Waals surface area contributed by atoms with Crippen LogP contribution in [0.4, 0.5) is 0 Å². The van der Waals surface area contributed by atoms with E-state index in [0.29, 0.717) is 13.1 Å². The van der Waals surface area contributed by atoms with E-state index in [1.165, 1.54) is 11.1 Å². The molecule has 122 valence electrons. The van der Waals surface area contributed by atoms with Crippen molar-refractivity contribution in [2.75, 3.05) is 6.54 Å². The van der Waals surface area contributed by atoms with E-state index in [1.54, 1.807) is 6.08 Å². The summed E-state index contributed by atoms with van der Waals surface area (Å²) in [7, 11) is 0. The number of carbonyl (C=O) groups is 2. The van der Waals surface area contributed by atoms with Crippen LogP contribution in [0.5, 0.6) is 0 Å². The van der Waals surface area contributed by atoms with E-state index in [-0.39, 0.29) is 23.9 Å². The number of hydrogen-bond donors (Lipinski definition) is 2. The second-order valence-electron chi connectivity index (χ2n) is 6.14. The lowest BCUT2D eigenvalue weighted by Crippen LogP contribution is -2.54. The molecule has 5 nitrogen and oxygen atoms in total. The summed E-state index contributed by atoms with van der Waals surface area (Å²) >= 11 is 0. The van der Waals surface area contributed by atoms with E-state index in [9.17, 15) is 9.59 Å². The molecular formula is C18H23N3O2. The van der Waals surface area contributed by atoms with Gasteiger partial charge in [-0.2, -0.15) is 0 Å². The van der Waals surface area contributed by atoms with Crippen molar-refractivity contribution in [2.24, 2.45) is 0 Å². The summed E-state index contributed by atoms with van der Waals surface area (Å²) in [6.07, 6.45) is 5.05. The molecule has 2 amide bonds. The highest BCUT2D eigenvalue weighted by molar-refractivity contribution is 5.88. The molecule has 2 aliphatic rings. The summed E-state index contributed by atoms with van der Waals surface area (Å²) in [5.74, 6) is 0.0180. The average molecular weight is 313 g/mol. The Kier molecular flexibility index (Phi) is 4.76. The van der Waals surface area contributed by atoms with Crippen molar-refractivity contribution in [3.05, 3.63) is 47.5 Å². The molecule has 2 aliphatic heterocycles. The van der Waals surface area contributed by atoms with Gasteiger partial charge >= 0.3 is 0 Å². The van der Waals surface area contributed by atoms with Crippen molar-refractivity contribution >= 4 is 11.8 Å². The molecule has 0 bridgehead atoms. The third kappa shape index (κ3) is 3.62. The van der Waals surface area contributed by atoms with Crippen LogP contribution < -0.4 is 10.6 Å². The minimum absolute atomic E-state index is 0.00401. The predicted molar refractivity (Wildman–Crippen MR) is 88.5 cm³/mol. The molecule has 2 N–H and O–H groups in total. The SMILES string of the molecule is CC[C@@H](/C=C/C(=O)N1Cc2ccccc2C1)NC(=O)C1CCN1. The van der Waals surface area contributed by atoms with Crippen LogP contribution in [0.3, 0.4) is 0 Å². The molecule has 1 fully saturated rings. The summed E-state index contributed by atoms with van der Waals surface area (Å²) in [5.41, 5.74) is 2.43. The summed E-state index contributed by atoms with van der Waals surface area (Å²) in [6, 6.07) is 7.96. The number of hydrogen-bond acceptors (Lipinski definition) is 3. The zero-order valence-corrected chi connectivity index (χ0v) is 13.4. The molecule has 2 heterocycles. The van der Waals surface area contributed by atoms with Crippen LogP contribution in [-0.4, -0.2) is 35.3 Å². The quantitative estimate of drug-likeness (QED) is 0.807. The molecule has 0 radical (unpaired) electrons. The maximum atomic E-state index is 12.3. The number of nitrogens with one attached hydrogen (secondary N) is 2. The molecule has 0 saturated carbocycles. The first kappa shape index (κ1) is 15.7. The number of carbonyl (C=O) groups excluding carboxylic acids is 2. The standard InChI is InChI=1S/C18H23N3O2/c1-2-15(20-18(23)16-9-10-19-16)7-8-17(22)21-11-13-5-3-4-6-14(13)12-21/h3-8,15-16,19H,2,9-12H2,1H3,(H,20,23)/b8-7+/t15-,16?/m0/s1. The van der Waals surface area contributed by atoms with Gasteiger partial charge in [-0.3, -0.25) is 9.59 Å². The first-order valence-electron chi connectivity index (χ1n) is 8.25. The number of nitrogens with zero attached hydrogens (tertiary/aromatic N) is 1. The number of amides is 2. The Morgan fingerprint density at radius 3 is 2.52 bits per heavy atom. The molecule has 1 aromatic carbocycles. The predicted octanol–water partition coefficient (Wildman–Crippen LogP) is 1.34. The number of fused-ring (bicyclic) bond motifs is 1. The van der Waals surface area contributed by atoms with Gasteiger partial charge in [-0.25, -0.2) is 0 Å². The monoisotopic (exact) mass is 313 g/mol. The first-order chi connectivity index (χ1) is 11.2. The smallest absolute Gasteiger partial charge is 0.246 e. The summed E-state index contributed by atoms with van der Waals surface area (Å²) in [6.45, 7) is 4.22. The van der Waals surface area contributed by atoms with E-state index in [2.05, 4.69) is 22.8 Å². The van der Waals surface area contributed by atoms with Gasteiger partial charge < -0.3 is 15.5 Å². The largest absolute Gasteiger partial charge is 0.349 e. The second kappa shape index (κ2) is 6.96. The van der Waals surface area contributed by atoms with Gasteiger partial charge in [-0.05, 0) is 30.5 Å². The Bertz CT molecular complexity index is 597. The molecule has 0 spiro atoms. The van der Waals surface area contributed by atoms with Gasteiger partial charge in [0.25, 0.3) is 0 Å². The molecule has 0 aliphatic carbocycles. The van der Waals surface area contributed by atoms with E-state index in [1.807, 2.05) is 30.0 Å². The highest BCUT2D eigenvalue weighted by Crippen LogP contribution is 2.22. The molecule has 1 saturated heterocycles. The second-order valence-corrected chi connectivity index (χ2v) is 6.14. The van der Waals surface area contributed by atoms with Crippen LogP contribution in [-0.2, 0) is 22.7 Å². The topological polar surface area (TPSA) is 61.4 Å². The van der Waals surface area contributed by atoms with Crippen molar-refractivity contribution in [3.63, 3.8) is 0 Å². The Morgan fingerprint density at radius 2 is 2.00 bits per heavy atom. The van der Waals surface area contributed by atoms with Gasteiger partial charge in [-0.1, -0.05) is 37.3 Å². The average Bonchev–Trinajstić information content (AvgIpc) is 2.93. The minimum Gasteiger partial charge on any atom is -0.349 e. The van der Waals surface area contributed by atoms with E-state index >= 15 is 0 Å². The van der Waals surface area contributed by atoms with Crippen molar-refractivity contribution in [2.45, 2.75) is 44.9 Å². The van der Waals surface area contributed by atoms with E-state index < -0.39 is 0 Å². The van der Waals surface area contributed by atoms with Crippen LogP contribution in [0.15, 0.2) is 36.4 Å². The van der Waals surface area contributed by atoms with Crippen LogP contribution >= 0.6 is 0 Å². The number of rotatable bonds is 5. The fraction of sp³-hybridized carbons (Fsp3) is 0.444. The van der Waals surface area contributed by atoms with Crippen LogP contribution in [0.25, 0.3) is 0 Å². The Labute approximate surface area is 136 Å². The minimum atomic E-state index is -0.0983. The third-order valence-electron chi connectivity index (χ3n) is 4.53. The van der Waals surface area contributed by atoms with Crippen LogP contribution in [0.2, 0.25) is 0 Å². The highest BCUT2D eigenvalue weighted by Gasteiger charge is 2.25. The maximum absolute atomic E-state index is 12.3. The lowest BCUT2D eigenvalue weighted by Gasteiger charge is -2.27. The van der Waals surface area contributed by atoms with Gasteiger partial charge in [0.05, 0.1) is 6.04 Å². The van der Waals surface area contributed by atoms with Crippen LogP contribution in [0, 0.1) is 0 Å². The van der Waals surface area contributed by atoms with Crippen molar-refractivity contribution < 1.29 is 9.59 Å². The van der Waals surface area contributed by atoms with Gasteiger partial charge in [0.15, 0.2) is 0 Å². The Hall–Kier alpha value is -2.14. The molecule has 5 heteroatoms. The van der Waals surface area contributed by atoms with Gasteiger partial charge in [0, 0.05) is 25.2 Å².